The summed E-state index contributed by atoms with van der Waals surface area (Å²) in [6.45, 7) is 8.67. The van der Waals surface area contributed by atoms with Gasteiger partial charge in [0.2, 0.25) is 5.95 Å². The summed E-state index contributed by atoms with van der Waals surface area (Å²) in [5.74, 6) is 2.48. The highest BCUT2D eigenvalue weighted by molar-refractivity contribution is 5.87. The quantitative estimate of drug-likeness (QED) is 0.905. The molecular formula is C15H24N6. The largest absolute Gasteiger partial charge is 0.354 e. The number of nitrogens with zero attached hydrogens (tertiary/aromatic N) is 4. The Labute approximate surface area is 125 Å². The van der Waals surface area contributed by atoms with Crippen molar-refractivity contribution in [1.29, 1.82) is 0 Å². The molecule has 6 nitrogen and oxygen atoms in total. The molecule has 114 valence electrons. The Hall–Kier alpha value is -1.85. The fourth-order valence-electron chi connectivity index (χ4n) is 3.08. The molecule has 2 aromatic rings. The van der Waals surface area contributed by atoms with E-state index >= 15 is 0 Å². The maximum absolute atomic E-state index is 4.75. The van der Waals surface area contributed by atoms with Crippen molar-refractivity contribution in [1.82, 2.24) is 20.2 Å². The molecule has 21 heavy (non-hydrogen) atoms. The van der Waals surface area contributed by atoms with Crippen molar-refractivity contribution in [2.24, 2.45) is 5.92 Å². The highest BCUT2D eigenvalue weighted by atomic mass is 15.3. The average Bonchev–Trinajstić information content (AvgIpc) is 2.93. The lowest BCUT2D eigenvalue weighted by Gasteiger charge is -2.37. The first-order chi connectivity index (χ1) is 10.2. The number of fused-ring (bicyclic) bond motifs is 1. The molecule has 1 saturated heterocycles. The summed E-state index contributed by atoms with van der Waals surface area (Å²) in [4.78, 5) is 11.7. The summed E-state index contributed by atoms with van der Waals surface area (Å²) in [7, 11) is 0. The minimum atomic E-state index is 0.501. The van der Waals surface area contributed by atoms with Gasteiger partial charge in [0.05, 0.1) is 11.6 Å². The maximum Gasteiger partial charge on any atom is 0.226 e. The molecule has 0 spiro atoms. The Kier molecular flexibility index (Phi) is 3.94. The van der Waals surface area contributed by atoms with E-state index < -0.39 is 0 Å². The lowest BCUT2D eigenvalue weighted by Crippen LogP contribution is -2.41. The molecule has 2 aromatic heterocycles. The van der Waals surface area contributed by atoms with Crippen LogP contribution >= 0.6 is 0 Å². The molecule has 1 fully saturated rings. The van der Waals surface area contributed by atoms with E-state index in [1.165, 1.54) is 12.8 Å². The van der Waals surface area contributed by atoms with Crippen LogP contribution in [0.2, 0.25) is 0 Å². The van der Waals surface area contributed by atoms with E-state index in [4.69, 9.17) is 4.98 Å². The van der Waals surface area contributed by atoms with Crippen molar-refractivity contribution >= 4 is 22.8 Å². The van der Waals surface area contributed by atoms with Gasteiger partial charge in [-0.1, -0.05) is 13.8 Å². The van der Waals surface area contributed by atoms with Crippen LogP contribution in [-0.2, 0) is 0 Å². The van der Waals surface area contributed by atoms with Gasteiger partial charge in [-0.2, -0.15) is 15.1 Å². The van der Waals surface area contributed by atoms with Crippen LogP contribution in [0.25, 0.3) is 11.0 Å². The third kappa shape index (κ3) is 2.80. The molecule has 0 amide bonds. The van der Waals surface area contributed by atoms with Crippen LogP contribution in [0.3, 0.4) is 0 Å². The molecule has 2 atom stereocenters. The third-order valence-electron chi connectivity index (χ3n) is 4.23. The first kappa shape index (κ1) is 14.1. The average molecular weight is 288 g/mol. The van der Waals surface area contributed by atoms with Crippen LogP contribution in [0.1, 0.15) is 40.0 Å². The Balaban J connectivity index is 1.97. The van der Waals surface area contributed by atoms with Gasteiger partial charge in [0.1, 0.15) is 5.82 Å². The monoisotopic (exact) mass is 288 g/mol. The minimum Gasteiger partial charge on any atom is -0.354 e. The van der Waals surface area contributed by atoms with Gasteiger partial charge in [-0.25, -0.2) is 0 Å². The summed E-state index contributed by atoms with van der Waals surface area (Å²) in [5, 5.41) is 11.4. The first-order valence-corrected chi connectivity index (χ1v) is 7.90. The van der Waals surface area contributed by atoms with Gasteiger partial charge < -0.3 is 10.2 Å². The number of nitrogens with one attached hydrogen (secondary N) is 2. The smallest absolute Gasteiger partial charge is 0.226 e. The van der Waals surface area contributed by atoms with Gasteiger partial charge in [-0.15, -0.1) is 0 Å². The minimum absolute atomic E-state index is 0.501. The molecule has 0 saturated carbocycles. The molecule has 0 bridgehead atoms. The number of rotatable bonds is 4. The third-order valence-corrected chi connectivity index (χ3v) is 4.23. The van der Waals surface area contributed by atoms with Crippen molar-refractivity contribution in [2.45, 2.75) is 46.1 Å². The van der Waals surface area contributed by atoms with Crippen LogP contribution in [0.5, 0.6) is 0 Å². The van der Waals surface area contributed by atoms with Crippen molar-refractivity contribution in [3.05, 3.63) is 6.20 Å². The molecule has 3 heterocycles. The molecular weight excluding hydrogens is 264 g/mol. The number of aromatic nitrogens is 4. The Morgan fingerprint density at radius 1 is 1.38 bits per heavy atom. The zero-order chi connectivity index (χ0) is 14.8. The Morgan fingerprint density at radius 2 is 2.24 bits per heavy atom. The van der Waals surface area contributed by atoms with Gasteiger partial charge >= 0.3 is 0 Å². The number of hydrogen-bond donors (Lipinski definition) is 2. The summed E-state index contributed by atoms with van der Waals surface area (Å²) in [6.07, 6.45) is 5.31. The second-order valence-electron chi connectivity index (χ2n) is 6.10. The number of anilines is 2. The second-order valence-corrected chi connectivity index (χ2v) is 6.10. The van der Waals surface area contributed by atoms with Gasteiger partial charge in [0.15, 0.2) is 5.65 Å². The van der Waals surface area contributed by atoms with Crippen LogP contribution in [0, 0.1) is 5.92 Å². The standard InChI is InChI=1S/C15H24N6/c1-4-6-16-15-18-13-12(9-17-20-13)14(19-15)21-7-5-10(2)8-11(21)3/h9-11H,4-8H2,1-3H3,(H2,16,17,18,19,20). The molecule has 6 heteroatoms. The van der Waals surface area contributed by atoms with E-state index in [2.05, 4.69) is 46.2 Å². The summed E-state index contributed by atoms with van der Waals surface area (Å²) in [5.41, 5.74) is 0.810. The van der Waals surface area contributed by atoms with E-state index in [1.807, 2.05) is 6.20 Å². The number of aromatic amines is 1. The topological polar surface area (TPSA) is 69.7 Å². The van der Waals surface area contributed by atoms with Crippen molar-refractivity contribution in [3.8, 4) is 0 Å². The molecule has 2 N–H and O–H groups in total. The first-order valence-electron chi connectivity index (χ1n) is 7.90. The van der Waals surface area contributed by atoms with E-state index in [0.717, 1.165) is 42.3 Å². The predicted molar refractivity (Wildman–Crippen MR) is 85.7 cm³/mol. The van der Waals surface area contributed by atoms with E-state index in [0.29, 0.717) is 12.0 Å². The lowest BCUT2D eigenvalue weighted by atomic mass is 9.93. The van der Waals surface area contributed by atoms with Gasteiger partial charge in [0, 0.05) is 19.1 Å². The molecule has 1 aliphatic heterocycles. The van der Waals surface area contributed by atoms with Crippen LogP contribution in [0.15, 0.2) is 6.20 Å². The zero-order valence-corrected chi connectivity index (χ0v) is 13.1. The summed E-state index contributed by atoms with van der Waals surface area (Å²) >= 11 is 0. The molecule has 2 unspecified atom stereocenters. The fraction of sp³-hybridized carbons (Fsp3) is 0.667. The van der Waals surface area contributed by atoms with Gasteiger partial charge in [0.25, 0.3) is 0 Å². The van der Waals surface area contributed by atoms with Crippen LogP contribution < -0.4 is 10.2 Å². The molecule has 3 rings (SSSR count). The SMILES string of the molecule is CCCNc1nc(N2CCC(C)CC2C)c2cn[nH]c2n1. The molecule has 0 aliphatic carbocycles. The maximum atomic E-state index is 4.75. The fourth-order valence-corrected chi connectivity index (χ4v) is 3.08. The highest BCUT2D eigenvalue weighted by Crippen LogP contribution is 2.31. The predicted octanol–water partition coefficient (Wildman–Crippen LogP) is 2.80. The zero-order valence-electron chi connectivity index (χ0n) is 13.1. The van der Waals surface area contributed by atoms with Gasteiger partial charge in [-0.05, 0) is 32.1 Å². The number of piperidine rings is 1. The highest BCUT2D eigenvalue weighted by Gasteiger charge is 2.26. The van der Waals surface area contributed by atoms with Crippen molar-refractivity contribution < 1.29 is 0 Å². The normalized spacial score (nSPS) is 22.7. The second kappa shape index (κ2) is 5.87. The van der Waals surface area contributed by atoms with E-state index in [1.54, 1.807) is 0 Å². The van der Waals surface area contributed by atoms with Crippen molar-refractivity contribution in [2.75, 3.05) is 23.3 Å². The van der Waals surface area contributed by atoms with E-state index in [9.17, 15) is 0 Å². The summed E-state index contributed by atoms with van der Waals surface area (Å²) < 4.78 is 0. The molecule has 0 radical (unpaired) electrons. The Morgan fingerprint density at radius 3 is 3.00 bits per heavy atom. The molecule has 0 aromatic carbocycles. The Bertz CT molecular complexity index is 607. The summed E-state index contributed by atoms with van der Waals surface area (Å²) in [6, 6.07) is 0.501. The number of hydrogen-bond acceptors (Lipinski definition) is 5. The number of H-pyrrole nitrogens is 1. The lowest BCUT2D eigenvalue weighted by molar-refractivity contribution is 0.376. The van der Waals surface area contributed by atoms with Crippen LogP contribution in [-0.4, -0.2) is 39.3 Å². The van der Waals surface area contributed by atoms with Gasteiger partial charge in [-0.3, -0.25) is 5.10 Å². The van der Waals surface area contributed by atoms with Crippen LogP contribution in [0.4, 0.5) is 11.8 Å². The van der Waals surface area contributed by atoms with E-state index in [-0.39, 0.29) is 0 Å². The van der Waals surface area contributed by atoms with Crippen molar-refractivity contribution in [3.63, 3.8) is 0 Å². The molecule has 1 aliphatic rings.